The van der Waals surface area contributed by atoms with Crippen molar-refractivity contribution in [1.29, 1.82) is 0 Å². The Balaban J connectivity index is 1.48. The molecular weight excluding hydrogens is 569 g/mol. The lowest BCUT2D eigenvalue weighted by Gasteiger charge is -2.45. The summed E-state index contributed by atoms with van der Waals surface area (Å²) in [5.41, 5.74) is 5.29. The molecule has 0 bridgehead atoms. The molecule has 0 amide bonds. The second kappa shape index (κ2) is 12.7. The van der Waals surface area contributed by atoms with Crippen molar-refractivity contribution in [2.45, 2.75) is 123 Å². The first-order chi connectivity index (χ1) is 19.9. The van der Waals surface area contributed by atoms with Gasteiger partial charge in [-0.25, -0.2) is 0 Å². The van der Waals surface area contributed by atoms with E-state index in [9.17, 15) is 8.42 Å². The van der Waals surface area contributed by atoms with Gasteiger partial charge in [-0.3, -0.25) is 4.18 Å². The van der Waals surface area contributed by atoms with Crippen molar-refractivity contribution in [3.63, 3.8) is 0 Å². The van der Waals surface area contributed by atoms with E-state index in [1.165, 1.54) is 24.0 Å². The minimum absolute atomic E-state index is 0.0822. The summed E-state index contributed by atoms with van der Waals surface area (Å²) in [6, 6.07) is 6.91. The van der Waals surface area contributed by atoms with Crippen LogP contribution in [0.25, 0.3) is 0 Å². The average molecular weight is 627 g/mol. The maximum Gasteiger partial charge on any atom is 0.296 e. The molecule has 0 unspecified atom stereocenters. The monoisotopic (exact) mass is 626 g/mol. The number of hydrogen-bond acceptors (Lipinski definition) is 4. The van der Waals surface area contributed by atoms with Crippen molar-refractivity contribution >= 4 is 18.4 Å². The molecule has 0 aromatic heterocycles. The van der Waals surface area contributed by atoms with Crippen LogP contribution in [0.1, 0.15) is 92.6 Å². The normalized spacial score (nSPS) is 33.2. The first kappa shape index (κ1) is 34.4. The van der Waals surface area contributed by atoms with Crippen molar-refractivity contribution in [2.75, 3.05) is 6.61 Å². The third-order valence-corrected chi connectivity index (χ3v) is 17.7. The number of benzene rings is 1. The van der Waals surface area contributed by atoms with Crippen LogP contribution in [0.3, 0.4) is 0 Å². The Morgan fingerprint density at radius 1 is 1.12 bits per heavy atom. The van der Waals surface area contributed by atoms with Crippen LogP contribution in [0.2, 0.25) is 18.1 Å². The van der Waals surface area contributed by atoms with Crippen LogP contribution in [-0.2, 0) is 18.7 Å². The molecule has 240 valence electrons. The van der Waals surface area contributed by atoms with Gasteiger partial charge in [0.1, 0.15) is 0 Å². The highest BCUT2D eigenvalue weighted by molar-refractivity contribution is 7.86. The van der Waals surface area contributed by atoms with Gasteiger partial charge >= 0.3 is 0 Å². The molecule has 3 aliphatic carbocycles. The molecule has 0 spiro atoms. The molecule has 1 aromatic rings. The van der Waals surface area contributed by atoms with E-state index in [-0.39, 0.29) is 34.0 Å². The number of allylic oxidation sites excluding steroid dienone is 3. The Labute approximate surface area is 264 Å². The predicted octanol–water partition coefficient (Wildman–Crippen LogP) is 10.0. The fourth-order valence-corrected chi connectivity index (χ4v) is 10.2. The quantitative estimate of drug-likeness (QED) is 0.213. The van der Waals surface area contributed by atoms with Gasteiger partial charge in [0.15, 0.2) is 8.32 Å². The summed E-state index contributed by atoms with van der Waals surface area (Å²) < 4.78 is 38.4. The molecule has 0 radical (unpaired) electrons. The van der Waals surface area contributed by atoms with Crippen LogP contribution in [0.5, 0.6) is 0 Å². The van der Waals surface area contributed by atoms with Gasteiger partial charge < -0.3 is 4.43 Å². The first-order valence-corrected chi connectivity index (χ1v) is 20.9. The average Bonchev–Trinajstić information content (AvgIpc) is 3.28. The van der Waals surface area contributed by atoms with Gasteiger partial charge in [0.05, 0.1) is 17.6 Å². The fraction of sp³-hybridized carbons (Fsp3) is 0.676. The van der Waals surface area contributed by atoms with Gasteiger partial charge in [0, 0.05) is 0 Å². The molecule has 1 aromatic carbocycles. The number of fused-ring (bicyclic) bond motifs is 1. The van der Waals surface area contributed by atoms with Crippen molar-refractivity contribution in [2.24, 2.45) is 35.0 Å². The highest BCUT2D eigenvalue weighted by atomic mass is 32.2. The second-order valence-corrected chi connectivity index (χ2v) is 22.3. The van der Waals surface area contributed by atoms with E-state index < -0.39 is 18.4 Å². The lowest BCUT2D eigenvalue weighted by Crippen LogP contribution is -2.48. The Hall–Kier alpha value is -1.47. The smallest absolute Gasteiger partial charge is 0.296 e. The van der Waals surface area contributed by atoms with E-state index in [0.29, 0.717) is 23.7 Å². The van der Waals surface area contributed by atoms with Crippen LogP contribution >= 0.6 is 0 Å². The van der Waals surface area contributed by atoms with E-state index in [1.54, 1.807) is 17.7 Å². The summed E-state index contributed by atoms with van der Waals surface area (Å²) in [7, 11) is -5.68. The van der Waals surface area contributed by atoms with Crippen LogP contribution in [-0.4, -0.2) is 29.4 Å². The van der Waals surface area contributed by atoms with Gasteiger partial charge in [-0.15, -0.1) is 0 Å². The minimum Gasteiger partial charge on any atom is -0.410 e. The zero-order valence-electron chi connectivity index (χ0n) is 28.6. The third kappa shape index (κ3) is 7.18. The van der Waals surface area contributed by atoms with E-state index in [4.69, 9.17) is 8.61 Å². The molecule has 3 saturated carbocycles. The summed E-state index contributed by atoms with van der Waals surface area (Å²) in [5.74, 6) is 2.15. The minimum atomic E-state index is -3.76. The largest absolute Gasteiger partial charge is 0.410 e. The molecule has 0 heterocycles. The molecule has 3 fully saturated rings. The summed E-state index contributed by atoms with van der Waals surface area (Å²) in [5, 5.41) is 0.165. The molecule has 4 nitrogen and oxygen atoms in total. The van der Waals surface area contributed by atoms with E-state index in [0.717, 1.165) is 31.2 Å². The van der Waals surface area contributed by atoms with Gasteiger partial charge in [-0.2, -0.15) is 8.42 Å². The Bertz CT molecular complexity index is 1330. The summed E-state index contributed by atoms with van der Waals surface area (Å²) in [4.78, 5) is 0.238. The molecule has 6 heteroatoms. The van der Waals surface area contributed by atoms with Gasteiger partial charge in [0.25, 0.3) is 10.1 Å². The van der Waals surface area contributed by atoms with E-state index in [1.807, 2.05) is 19.1 Å². The Morgan fingerprint density at radius 2 is 1.77 bits per heavy atom. The third-order valence-electron chi connectivity index (χ3n) is 11.9. The summed E-state index contributed by atoms with van der Waals surface area (Å²) in [6.45, 7) is 27.8. The number of rotatable bonds is 8. The molecule has 3 aliphatic rings. The lowest BCUT2D eigenvalue weighted by atomic mass is 9.61. The highest BCUT2D eigenvalue weighted by Crippen LogP contribution is 2.59. The Kier molecular flexibility index (Phi) is 10.2. The Morgan fingerprint density at radius 3 is 2.40 bits per heavy atom. The second-order valence-electron chi connectivity index (χ2n) is 15.9. The first-order valence-electron chi connectivity index (χ1n) is 16.6. The van der Waals surface area contributed by atoms with Gasteiger partial charge in [-0.05, 0) is 122 Å². The molecule has 43 heavy (non-hydrogen) atoms. The molecule has 0 aliphatic heterocycles. The zero-order chi connectivity index (χ0) is 32.0. The maximum atomic E-state index is 12.9. The molecule has 0 N–H and O–H groups in total. The summed E-state index contributed by atoms with van der Waals surface area (Å²) >= 11 is 0. The SMILES string of the molecule is C=C1/C(=C\C=C2/CCC[C@]3(C)[C@@H]([C@H](C)COS(=O)(=O)c4ccc(C)cc4)CC[C@@H]23)C[C@@H](C)[C@H](C)[C@@H]1O[Si](C)(C)C(C)(C)C. The molecule has 0 saturated heterocycles. The van der Waals surface area contributed by atoms with E-state index >= 15 is 0 Å². The van der Waals surface area contributed by atoms with Crippen LogP contribution < -0.4 is 0 Å². The number of aryl methyl sites for hydroxylation is 1. The molecule has 7 atom stereocenters. The molecular formula is C37H58O4SSi. The lowest BCUT2D eigenvalue weighted by molar-refractivity contribution is 0.0760. The van der Waals surface area contributed by atoms with Crippen molar-refractivity contribution in [3.8, 4) is 0 Å². The maximum absolute atomic E-state index is 12.9. The fourth-order valence-electron chi connectivity index (χ4n) is 7.82. The van der Waals surface area contributed by atoms with Crippen molar-refractivity contribution in [3.05, 3.63) is 65.3 Å². The zero-order valence-corrected chi connectivity index (χ0v) is 30.4. The number of hydrogen-bond donors (Lipinski definition) is 0. The standard InChI is InChI=1S/C37H58O4SSi/c1-25-14-18-32(19-15-25)42(38,39)40-24-27(3)33-20-21-34-30(13-12-22-37(33,34)9)16-17-31-23-26(2)28(4)35(29(31)5)41-43(10,11)36(6,7)8/h14-19,26-28,33-35H,5,12-13,20-24H2,1-4,6-11H3/b30-16+,31-17-/t26-,27-,28+,33-,34+,35+,37-/m1/s1. The van der Waals surface area contributed by atoms with E-state index in [2.05, 4.69) is 80.3 Å². The van der Waals surface area contributed by atoms with Crippen LogP contribution in [0, 0.1) is 41.9 Å². The predicted molar refractivity (Wildman–Crippen MR) is 182 cm³/mol. The highest BCUT2D eigenvalue weighted by Gasteiger charge is 2.51. The topological polar surface area (TPSA) is 52.6 Å². The molecule has 4 rings (SSSR count). The van der Waals surface area contributed by atoms with Gasteiger partial charge in [0.2, 0.25) is 0 Å². The van der Waals surface area contributed by atoms with Crippen LogP contribution in [0.4, 0.5) is 0 Å². The van der Waals surface area contributed by atoms with Crippen molar-refractivity contribution in [1.82, 2.24) is 0 Å². The summed E-state index contributed by atoms with van der Waals surface area (Å²) in [6.07, 6.45) is 11.7. The van der Waals surface area contributed by atoms with Crippen LogP contribution in [0.15, 0.2) is 64.6 Å². The van der Waals surface area contributed by atoms with Crippen molar-refractivity contribution < 1.29 is 17.0 Å². The van der Waals surface area contributed by atoms with Gasteiger partial charge in [-0.1, -0.05) is 90.5 Å².